The molecule has 0 atom stereocenters. The van der Waals surface area contributed by atoms with Crippen molar-refractivity contribution in [1.29, 1.82) is 0 Å². The summed E-state index contributed by atoms with van der Waals surface area (Å²) in [6.07, 6.45) is 4.67. The van der Waals surface area contributed by atoms with Gasteiger partial charge in [-0.1, -0.05) is 45.7 Å². The van der Waals surface area contributed by atoms with Crippen LogP contribution in [0.3, 0.4) is 0 Å². The lowest BCUT2D eigenvalue weighted by Crippen LogP contribution is -2.44. The van der Waals surface area contributed by atoms with E-state index in [2.05, 4.69) is 22.0 Å². The molecule has 0 unspecified atom stereocenters. The summed E-state index contributed by atoms with van der Waals surface area (Å²) in [5.74, 6) is 0.109. The number of aromatic amines is 1. The highest BCUT2D eigenvalue weighted by Gasteiger charge is 2.29. The highest BCUT2D eigenvalue weighted by Crippen LogP contribution is 2.20. The molecule has 1 aliphatic heterocycles. The molecule has 0 bridgehead atoms. The molecule has 0 aliphatic carbocycles. The third-order valence-corrected chi connectivity index (χ3v) is 5.26. The minimum absolute atomic E-state index is 0.0523. The van der Waals surface area contributed by atoms with Crippen molar-refractivity contribution < 1.29 is 14.0 Å². The van der Waals surface area contributed by atoms with Crippen molar-refractivity contribution in [2.24, 2.45) is 10.6 Å². The number of H-pyrrole nitrogens is 1. The van der Waals surface area contributed by atoms with E-state index in [1.54, 1.807) is 0 Å². The Bertz CT molecular complexity index is 1080. The Labute approximate surface area is 180 Å². The molecule has 31 heavy (non-hydrogen) atoms. The number of aryl methyl sites for hydroxylation is 1. The van der Waals surface area contributed by atoms with E-state index in [9.17, 15) is 14.4 Å². The number of fused-ring (bicyclic) bond motifs is 1. The largest absolute Gasteiger partial charge is 0.403 e. The first kappa shape index (κ1) is 22.7. The monoisotopic (exact) mass is 430 g/mol. The minimum atomic E-state index is -0.551. The predicted octanol–water partition coefficient (Wildman–Crippen LogP) is 3.01. The van der Waals surface area contributed by atoms with Gasteiger partial charge < -0.3 is 14.2 Å². The summed E-state index contributed by atoms with van der Waals surface area (Å²) < 4.78 is 5.13. The van der Waals surface area contributed by atoms with Crippen LogP contribution in [0.15, 0.2) is 25.2 Å². The molecule has 1 N–H and O–H groups in total. The average molecular weight is 431 g/mol. The summed E-state index contributed by atoms with van der Waals surface area (Å²) in [7, 11) is 0. The smallest absolute Gasteiger partial charge is 0.337 e. The van der Waals surface area contributed by atoms with Gasteiger partial charge in [-0.25, -0.2) is 4.79 Å². The number of hydrogen-bond acceptors (Lipinski definition) is 7. The number of aromatic nitrogens is 2. The van der Waals surface area contributed by atoms with Gasteiger partial charge in [0.2, 0.25) is 11.6 Å². The average Bonchev–Trinajstić information content (AvgIpc) is 2.71. The van der Waals surface area contributed by atoms with E-state index in [0.717, 1.165) is 25.0 Å². The van der Waals surface area contributed by atoms with Crippen molar-refractivity contribution in [2.75, 3.05) is 13.1 Å². The lowest BCUT2D eigenvalue weighted by molar-refractivity contribution is -0.139. The lowest BCUT2D eigenvalue weighted by Gasteiger charge is -2.32. The molecular weight excluding hydrogens is 400 g/mol. The Hall–Kier alpha value is -2.97. The molecule has 0 radical (unpaired) electrons. The number of carbonyl (C=O) groups is 1. The first-order valence-corrected chi connectivity index (χ1v) is 10.8. The van der Waals surface area contributed by atoms with Crippen molar-refractivity contribution in [3.05, 3.63) is 32.4 Å². The standard InChI is InChI=1S/C22H30N4O5/c1-5-6-7-8-14-13-16(27)30-19-17(14)18(28)23-21(24-19)31-25-15-9-11-26(12-10-15)20(29)22(2,3)4/h13H,5-12H2,1-4H3,(H,23,24,28). The molecule has 0 spiro atoms. The van der Waals surface area contributed by atoms with E-state index in [4.69, 9.17) is 9.25 Å². The van der Waals surface area contributed by atoms with Gasteiger partial charge in [-0.05, 0) is 18.4 Å². The first-order chi connectivity index (χ1) is 14.7. The second kappa shape index (κ2) is 9.45. The van der Waals surface area contributed by atoms with Gasteiger partial charge >= 0.3 is 11.6 Å². The van der Waals surface area contributed by atoms with Gasteiger partial charge in [-0.2, -0.15) is 4.98 Å². The van der Waals surface area contributed by atoms with Crippen LogP contribution in [-0.4, -0.2) is 39.6 Å². The van der Waals surface area contributed by atoms with Gasteiger partial charge in [0.15, 0.2) is 0 Å². The molecule has 2 aromatic heterocycles. The minimum Gasteiger partial charge on any atom is -0.403 e. The number of carbonyl (C=O) groups excluding carboxylic acids is 1. The van der Waals surface area contributed by atoms with Crippen molar-refractivity contribution in [1.82, 2.24) is 14.9 Å². The maximum absolute atomic E-state index is 12.6. The summed E-state index contributed by atoms with van der Waals surface area (Å²) in [5.41, 5.74) is -0.0496. The van der Waals surface area contributed by atoms with Gasteiger partial charge in [0.1, 0.15) is 5.39 Å². The number of unbranched alkanes of at least 4 members (excludes halogenated alkanes) is 2. The lowest BCUT2D eigenvalue weighted by atomic mass is 9.93. The summed E-state index contributed by atoms with van der Waals surface area (Å²) in [4.78, 5) is 50.7. The summed E-state index contributed by atoms with van der Waals surface area (Å²) >= 11 is 0. The second-order valence-corrected chi connectivity index (χ2v) is 8.89. The zero-order valence-electron chi connectivity index (χ0n) is 18.6. The molecule has 3 rings (SSSR count). The number of hydrogen-bond donors (Lipinski definition) is 1. The molecule has 1 amide bonds. The normalized spacial score (nSPS) is 14.7. The molecule has 1 aliphatic rings. The number of amides is 1. The van der Waals surface area contributed by atoms with Crippen LogP contribution >= 0.6 is 0 Å². The maximum Gasteiger partial charge on any atom is 0.337 e. The highest BCUT2D eigenvalue weighted by molar-refractivity contribution is 5.88. The van der Waals surface area contributed by atoms with Crippen molar-refractivity contribution in [2.45, 2.75) is 66.2 Å². The molecule has 2 aromatic rings. The van der Waals surface area contributed by atoms with Crippen molar-refractivity contribution in [3.63, 3.8) is 0 Å². The first-order valence-electron chi connectivity index (χ1n) is 10.8. The predicted molar refractivity (Wildman–Crippen MR) is 117 cm³/mol. The quantitative estimate of drug-likeness (QED) is 0.556. The van der Waals surface area contributed by atoms with Crippen LogP contribution in [0.25, 0.3) is 11.1 Å². The topological polar surface area (TPSA) is 118 Å². The zero-order chi connectivity index (χ0) is 22.6. The van der Waals surface area contributed by atoms with E-state index < -0.39 is 16.6 Å². The van der Waals surface area contributed by atoms with E-state index in [0.29, 0.717) is 37.9 Å². The summed E-state index contributed by atoms with van der Waals surface area (Å²) in [6.45, 7) is 8.92. The highest BCUT2D eigenvalue weighted by atomic mass is 16.6. The Morgan fingerprint density at radius 2 is 1.97 bits per heavy atom. The van der Waals surface area contributed by atoms with Gasteiger partial charge in [0.05, 0.1) is 5.71 Å². The maximum atomic E-state index is 12.6. The van der Waals surface area contributed by atoms with Crippen molar-refractivity contribution >= 4 is 22.7 Å². The molecule has 168 valence electrons. The Morgan fingerprint density at radius 3 is 2.61 bits per heavy atom. The fourth-order valence-electron chi connectivity index (χ4n) is 3.58. The second-order valence-electron chi connectivity index (χ2n) is 8.89. The van der Waals surface area contributed by atoms with Gasteiger partial charge in [-0.15, -0.1) is 0 Å². The van der Waals surface area contributed by atoms with Crippen LogP contribution in [-0.2, 0) is 11.2 Å². The van der Waals surface area contributed by atoms with E-state index in [-0.39, 0.29) is 23.0 Å². The van der Waals surface area contributed by atoms with Crippen LogP contribution < -0.4 is 16.0 Å². The van der Waals surface area contributed by atoms with Crippen LogP contribution in [0.4, 0.5) is 0 Å². The SMILES string of the molecule is CCCCCc1cc(=O)oc2nc(ON=C3CCN(C(=O)C(C)(C)C)CC3)[nH]c(=O)c12. The number of piperidine rings is 1. The van der Waals surface area contributed by atoms with Gasteiger partial charge in [0.25, 0.3) is 5.56 Å². The molecular formula is C22H30N4O5. The van der Waals surface area contributed by atoms with Crippen LogP contribution in [0.2, 0.25) is 0 Å². The zero-order valence-corrected chi connectivity index (χ0v) is 18.6. The molecule has 9 heteroatoms. The molecule has 0 saturated carbocycles. The third-order valence-electron chi connectivity index (χ3n) is 5.26. The molecule has 9 nitrogen and oxygen atoms in total. The molecule has 1 fully saturated rings. The van der Waals surface area contributed by atoms with E-state index in [1.807, 2.05) is 25.7 Å². The van der Waals surface area contributed by atoms with Crippen LogP contribution in [0.5, 0.6) is 6.01 Å². The molecule has 1 saturated heterocycles. The van der Waals surface area contributed by atoms with Gasteiger partial charge in [-0.3, -0.25) is 14.6 Å². The Kier molecular flexibility index (Phi) is 6.92. The number of oxime groups is 1. The Morgan fingerprint density at radius 1 is 1.26 bits per heavy atom. The number of rotatable bonds is 6. The number of nitrogens with zero attached hydrogens (tertiary/aromatic N) is 3. The fourth-order valence-corrected chi connectivity index (χ4v) is 3.58. The number of nitrogens with one attached hydrogen (secondary N) is 1. The molecule has 3 heterocycles. The van der Waals surface area contributed by atoms with E-state index in [1.165, 1.54) is 6.07 Å². The Balaban J connectivity index is 1.74. The summed E-state index contributed by atoms with van der Waals surface area (Å²) in [6, 6.07) is 1.22. The number of likely N-dealkylation sites (tertiary alicyclic amines) is 1. The van der Waals surface area contributed by atoms with E-state index >= 15 is 0 Å². The summed E-state index contributed by atoms with van der Waals surface area (Å²) in [5, 5.41) is 4.36. The van der Waals surface area contributed by atoms with Crippen molar-refractivity contribution in [3.8, 4) is 6.01 Å². The molecule has 0 aromatic carbocycles. The van der Waals surface area contributed by atoms with Crippen LogP contribution in [0.1, 0.15) is 65.4 Å². The van der Waals surface area contributed by atoms with Crippen LogP contribution in [0, 0.1) is 5.41 Å². The van der Waals surface area contributed by atoms with Gasteiger partial charge in [0, 0.05) is 37.4 Å². The fraction of sp³-hybridized carbons (Fsp3) is 0.591. The third kappa shape index (κ3) is 5.59.